The predicted molar refractivity (Wildman–Crippen MR) is 58.7 cm³/mol. The summed E-state index contributed by atoms with van der Waals surface area (Å²) >= 11 is 0. The summed E-state index contributed by atoms with van der Waals surface area (Å²) in [5.74, 6) is -0.301. The SMILES string of the molecule is O=CCNC(=O)CNC(=O)C1CCCCC1. The lowest BCUT2D eigenvalue weighted by Crippen LogP contribution is -2.40. The summed E-state index contributed by atoms with van der Waals surface area (Å²) in [6.45, 7) is -0.0404. The first-order chi connectivity index (χ1) is 7.74. The van der Waals surface area contributed by atoms with Gasteiger partial charge in [-0.15, -0.1) is 0 Å². The highest BCUT2D eigenvalue weighted by Gasteiger charge is 2.20. The molecular formula is C11H18N2O3. The van der Waals surface area contributed by atoms with E-state index in [0.717, 1.165) is 25.7 Å². The molecule has 2 amide bonds. The molecule has 1 aliphatic carbocycles. The van der Waals surface area contributed by atoms with E-state index < -0.39 is 0 Å². The quantitative estimate of drug-likeness (QED) is 0.648. The van der Waals surface area contributed by atoms with Gasteiger partial charge < -0.3 is 15.4 Å². The van der Waals surface area contributed by atoms with Crippen LogP contribution in [0.1, 0.15) is 32.1 Å². The van der Waals surface area contributed by atoms with Crippen molar-refractivity contribution in [1.82, 2.24) is 10.6 Å². The lowest BCUT2D eigenvalue weighted by molar-refractivity contribution is -0.129. The van der Waals surface area contributed by atoms with E-state index in [4.69, 9.17) is 0 Å². The van der Waals surface area contributed by atoms with Crippen molar-refractivity contribution in [3.05, 3.63) is 0 Å². The number of rotatable bonds is 5. The van der Waals surface area contributed by atoms with Crippen molar-refractivity contribution in [1.29, 1.82) is 0 Å². The average molecular weight is 226 g/mol. The van der Waals surface area contributed by atoms with Crippen molar-refractivity contribution in [2.45, 2.75) is 32.1 Å². The van der Waals surface area contributed by atoms with Crippen molar-refractivity contribution < 1.29 is 14.4 Å². The number of carbonyl (C=O) groups excluding carboxylic acids is 3. The van der Waals surface area contributed by atoms with E-state index >= 15 is 0 Å². The molecule has 0 aliphatic heterocycles. The third-order valence-electron chi connectivity index (χ3n) is 2.78. The molecule has 1 fully saturated rings. The maximum Gasteiger partial charge on any atom is 0.239 e. The number of nitrogens with one attached hydrogen (secondary N) is 2. The van der Waals surface area contributed by atoms with Crippen molar-refractivity contribution >= 4 is 18.1 Å². The Hall–Kier alpha value is -1.39. The van der Waals surface area contributed by atoms with E-state index in [1.807, 2.05) is 0 Å². The molecule has 0 atom stereocenters. The zero-order valence-corrected chi connectivity index (χ0v) is 9.33. The minimum Gasteiger partial charge on any atom is -0.348 e. The zero-order chi connectivity index (χ0) is 11.8. The van der Waals surface area contributed by atoms with E-state index in [9.17, 15) is 14.4 Å². The van der Waals surface area contributed by atoms with Crippen LogP contribution in [0, 0.1) is 5.92 Å². The van der Waals surface area contributed by atoms with Gasteiger partial charge in [-0.3, -0.25) is 9.59 Å². The molecule has 16 heavy (non-hydrogen) atoms. The zero-order valence-electron chi connectivity index (χ0n) is 9.33. The number of hydrogen-bond donors (Lipinski definition) is 2. The van der Waals surface area contributed by atoms with E-state index in [1.54, 1.807) is 0 Å². The molecule has 0 aromatic heterocycles. The smallest absolute Gasteiger partial charge is 0.239 e. The van der Waals surface area contributed by atoms with Gasteiger partial charge in [0.1, 0.15) is 6.29 Å². The molecule has 1 rings (SSSR count). The molecule has 0 aromatic rings. The monoisotopic (exact) mass is 226 g/mol. The van der Waals surface area contributed by atoms with Gasteiger partial charge in [0.15, 0.2) is 0 Å². The third-order valence-corrected chi connectivity index (χ3v) is 2.78. The fraction of sp³-hybridized carbons (Fsp3) is 0.727. The molecule has 1 saturated carbocycles. The Morgan fingerprint density at radius 1 is 1.12 bits per heavy atom. The van der Waals surface area contributed by atoms with Gasteiger partial charge in [0.2, 0.25) is 11.8 Å². The first-order valence-corrected chi connectivity index (χ1v) is 5.72. The minimum absolute atomic E-state index is 0.00185. The summed E-state index contributed by atoms with van der Waals surface area (Å²) in [6.07, 6.45) is 5.83. The van der Waals surface area contributed by atoms with Crippen LogP contribution in [0.2, 0.25) is 0 Å². The van der Waals surface area contributed by atoms with Crippen LogP contribution in [-0.2, 0) is 14.4 Å². The Kier molecular flexibility index (Phi) is 5.53. The number of carbonyl (C=O) groups is 3. The lowest BCUT2D eigenvalue weighted by Gasteiger charge is -2.20. The molecule has 0 saturated heterocycles. The molecule has 0 bridgehead atoms. The van der Waals surface area contributed by atoms with Gasteiger partial charge in [-0.1, -0.05) is 19.3 Å². The van der Waals surface area contributed by atoms with Gasteiger partial charge >= 0.3 is 0 Å². The first-order valence-electron chi connectivity index (χ1n) is 5.72. The Bertz CT molecular complexity index is 260. The fourth-order valence-electron chi connectivity index (χ4n) is 1.89. The maximum absolute atomic E-state index is 11.6. The summed E-state index contributed by atoms with van der Waals surface area (Å²) in [4.78, 5) is 32.7. The fourth-order valence-corrected chi connectivity index (χ4v) is 1.89. The maximum atomic E-state index is 11.6. The predicted octanol–water partition coefficient (Wildman–Crippen LogP) is -0.00200. The molecule has 0 radical (unpaired) electrons. The molecule has 5 nitrogen and oxygen atoms in total. The molecule has 0 aromatic carbocycles. The van der Waals surface area contributed by atoms with Crippen LogP contribution in [0.4, 0.5) is 0 Å². The molecule has 0 unspecified atom stereocenters. The highest BCUT2D eigenvalue weighted by atomic mass is 16.2. The van der Waals surface area contributed by atoms with Crippen molar-refractivity contribution in [3.63, 3.8) is 0 Å². The van der Waals surface area contributed by atoms with E-state index in [0.29, 0.717) is 6.29 Å². The Morgan fingerprint density at radius 2 is 1.81 bits per heavy atom. The number of aldehydes is 1. The normalized spacial score (nSPS) is 16.5. The van der Waals surface area contributed by atoms with Crippen LogP contribution in [0.15, 0.2) is 0 Å². The second-order valence-electron chi connectivity index (χ2n) is 4.02. The third kappa shape index (κ3) is 4.42. The van der Waals surface area contributed by atoms with E-state index in [1.165, 1.54) is 6.42 Å². The van der Waals surface area contributed by atoms with Gasteiger partial charge in [-0.2, -0.15) is 0 Å². The lowest BCUT2D eigenvalue weighted by atomic mass is 9.89. The Morgan fingerprint density at radius 3 is 2.44 bits per heavy atom. The van der Waals surface area contributed by atoms with Gasteiger partial charge in [-0.25, -0.2) is 0 Å². The number of hydrogen-bond acceptors (Lipinski definition) is 3. The van der Waals surface area contributed by atoms with Crippen LogP contribution >= 0.6 is 0 Å². The standard InChI is InChI=1S/C11H18N2O3/c14-7-6-12-10(15)8-13-11(16)9-4-2-1-3-5-9/h7,9H,1-6,8H2,(H,12,15)(H,13,16). The molecule has 0 heterocycles. The van der Waals surface area contributed by atoms with Gasteiger partial charge in [0, 0.05) is 5.92 Å². The van der Waals surface area contributed by atoms with Crippen LogP contribution in [-0.4, -0.2) is 31.2 Å². The molecule has 1 aliphatic rings. The highest BCUT2D eigenvalue weighted by Crippen LogP contribution is 2.23. The van der Waals surface area contributed by atoms with Crippen LogP contribution in [0.3, 0.4) is 0 Å². The topological polar surface area (TPSA) is 75.3 Å². The summed E-state index contributed by atoms with van der Waals surface area (Å²) < 4.78 is 0. The Labute approximate surface area is 95.0 Å². The van der Waals surface area contributed by atoms with E-state index in [2.05, 4.69) is 10.6 Å². The molecular weight excluding hydrogens is 208 g/mol. The van der Waals surface area contributed by atoms with Crippen molar-refractivity contribution in [3.8, 4) is 0 Å². The summed E-state index contributed by atoms with van der Waals surface area (Å²) in [6, 6.07) is 0. The van der Waals surface area contributed by atoms with E-state index in [-0.39, 0.29) is 30.8 Å². The van der Waals surface area contributed by atoms with Gasteiger partial charge in [0.25, 0.3) is 0 Å². The summed E-state index contributed by atoms with van der Waals surface area (Å²) in [5, 5.41) is 4.96. The summed E-state index contributed by atoms with van der Waals surface area (Å²) in [5.41, 5.74) is 0. The molecule has 0 spiro atoms. The van der Waals surface area contributed by atoms with Crippen LogP contribution in [0.5, 0.6) is 0 Å². The minimum atomic E-state index is -0.323. The van der Waals surface area contributed by atoms with Crippen LogP contribution < -0.4 is 10.6 Å². The molecule has 5 heteroatoms. The largest absolute Gasteiger partial charge is 0.348 e. The second-order valence-corrected chi connectivity index (χ2v) is 4.02. The van der Waals surface area contributed by atoms with Gasteiger partial charge in [-0.05, 0) is 12.8 Å². The van der Waals surface area contributed by atoms with Crippen molar-refractivity contribution in [2.24, 2.45) is 5.92 Å². The Balaban J connectivity index is 2.18. The highest BCUT2D eigenvalue weighted by molar-refractivity contribution is 5.86. The van der Waals surface area contributed by atoms with Gasteiger partial charge in [0.05, 0.1) is 13.1 Å². The summed E-state index contributed by atoms with van der Waals surface area (Å²) in [7, 11) is 0. The average Bonchev–Trinajstić information content (AvgIpc) is 2.34. The number of amides is 2. The second kappa shape index (κ2) is 6.98. The molecule has 90 valence electrons. The van der Waals surface area contributed by atoms with Crippen LogP contribution in [0.25, 0.3) is 0 Å². The molecule has 2 N–H and O–H groups in total. The van der Waals surface area contributed by atoms with Crippen molar-refractivity contribution in [2.75, 3.05) is 13.1 Å². The first kappa shape index (κ1) is 12.7.